The van der Waals surface area contributed by atoms with Crippen LogP contribution in [-0.4, -0.2) is 5.88 Å². The van der Waals surface area contributed by atoms with Gasteiger partial charge in [-0.3, -0.25) is 0 Å². The van der Waals surface area contributed by atoms with Crippen molar-refractivity contribution in [1.82, 2.24) is 0 Å². The van der Waals surface area contributed by atoms with E-state index >= 15 is 0 Å². The number of alkyl halides is 1. The van der Waals surface area contributed by atoms with E-state index in [0.717, 1.165) is 5.56 Å². The lowest BCUT2D eigenvalue weighted by molar-refractivity contribution is 0.545. The van der Waals surface area contributed by atoms with Gasteiger partial charge in [-0.15, -0.1) is 11.6 Å². The number of halogens is 4. The smallest absolute Gasteiger partial charge is 0.126 e. The van der Waals surface area contributed by atoms with E-state index in [1.807, 2.05) is 0 Å². The Bertz CT molecular complexity index is 567. The summed E-state index contributed by atoms with van der Waals surface area (Å²) in [7, 11) is 0. The van der Waals surface area contributed by atoms with Gasteiger partial charge < -0.3 is 0 Å². The Labute approximate surface area is 127 Å². The van der Waals surface area contributed by atoms with Crippen LogP contribution in [0.3, 0.4) is 0 Å². The molecule has 2 aromatic carbocycles. The van der Waals surface area contributed by atoms with Crippen LogP contribution in [-0.2, 0) is 12.8 Å². The van der Waals surface area contributed by atoms with Crippen LogP contribution in [0.4, 0.5) is 8.78 Å². The molecule has 0 spiro atoms. The van der Waals surface area contributed by atoms with Gasteiger partial charge in [-0.2, -0.15) is 0 Å². The van der Waals surface area contributed by atoms with Crippen LogP contribution in [0.2, 0.25) is 5.02 Å². The van der Waals surface area contributed by atoms with Gasteiger partial charge in [-0.1, -0.05) is 23.7 Å². The van der Waals surface area contributed by atoms with E-state index in [1.54, 1.807) is 18.2 Å². The lowest BCUT2D eigenvalue weighted by atomic mass is 9.94. The van der Waals surface area contributed by atoms with E-state index in [-0.39, 0.29) is 17.6 Å². The average Bonchev–Trinajstić information content (AvgIpc) is 2.44. The molecule has 0 saturated heterocycles. The minimum Gasteiger partial charge on any atom is -0.207 e. The van der Waals surface area contributed by atoms with Crippen molar-refractivity contribution in [1.29, 1.82) is 0 Å². The van der Waals surface area contributed by atoms with E-state index in [0.29, 0.717) is 29.3 Å². The van der Waals surface area contributed by atoms with Crippen LogP contribution < -0.4 is 0 Å². The summed E-state index contributed by atoms with van der Waals surface area (Å²) in [6, 6.07) is 10.8. The van der Waals surface area contributed by atoms with Crippen molar-refractivity contribution in [2.45, 2.75) is 12.8 Å². The molecule has 4 heteroatoms. The summed E-state index contributed by atoms with van der Waals surface area (Å²) in [6.45, 7) is 0. The van der Waals surface area contributed by atoms with Crippen molar-refractivity contribution in [3.05, 3.63) is 70.2 Å². The first-order chi connectivity index (χ1) is 9.58. The van der Waals surface area contributed by atoms with Gasteiger partial charge in [-0.05, 0) is 60.2 Å². The molecule has 0 fully saturated rings. The van der Waals surface area contributed by atoms with Crippen molar-refractivity contribution in [3.8, 4) is 0 Å². The molecular formula is C16H14Cl2F2. The number of benzene rings is 2. The molecule has 0 heterocycles. The van der Waals surface area contributed by atoms with E-state index in [9.17, 15) is 8.78 Å². The summed E-state index contributed by atoms with van der Waals surface area (Å²) < 4.78 is 26.6. The van der Waals surface area contributed by atoms with E-state index in [4.69, 9.17) is 23.2 Å². The highest BCUT2D eigenvalue weighted by molar-refractivity contribution is 6.30. The quantitative estimate of drug-likeness (QED) is 0.660. The maximum Gasteiger partial charge on any atom is 0.126 e. The highest BCUT2D eigenvalue weighted by Crippen LogP contribution is 2.21. The number of hydrogen-bond acceptors (Lipinski definition) is 0. The van der Waals surface area contributed by atoms with Crippen molar-refractivity contribution in [2.24, 2.45) is 5.92 Å². The molecule has 0 amide bonds. The Hall–Kier alpha value is -1.12. The normalized spacial score (nSPS) is 12.4. The fraction of sp³-hybridized carbons (Fsp3) is 0.250. The van der Waals surface area contributed by atoms with Gasteiger partial charge in [0, 0.05) is 10.9 Å². The van der Waals surface area contributed by atoms with Crippen LogP contribution in [0.1, 0.15) is 11.1 Å². The molecule has 20 heavy (non-hydrogen) atoms. The monoisotopic (exact) mass is 314 g/mol. The first-order valence-corrected chi connectivity index (χ1v) is 7.24. The summed E-state index contributed by atoms with van der Waals surface area (Å²) in [5.74, 6) is -0.0562. The van der Waals surface area contributed by atoms with Gasteiger partial charge >= 0.3 is 0 Å². The minimum atomic E-state index is -0.274. The largest absolute Gasteiger partial charge is 0.207 e. The molecule has 0 nitrogen and oxygen atoms in total. The predicted molar refractivity (Wildman–Crippen MR) is 79.4 cm³/mol. The average molecular weight is 315 g/mol. The Balaban J connectivity index is 2.08. The van der Waals surface area contributed by atoms with Gasteiger partial charge in [0.15, 0.2) is 0 Å². The summed E-state index contributed by atoms with van der Waals surface area (Å²) in [4.78, 5) is 0. The molecule has 0 bridgehead atoms. The van der Waals surface area contributed by atoms with Gasteiger partial charge in [0.2, 0.25) is 0 Å². The van der Waals surface area contributed by atoms with Gasteiger partial charge in [0.05, 0.1) is 0 Å². The molecule has 0 aliphatic rings. The molecule has 0 N–H and O–H groups in total. The molecule has 0 radical (unpaired) electrons. The number of rotatable bonds is 5. The van der Waals surface area contributed by atoms with Crippen LogP contribution in [0, 0.1) is 17.6 Å². The fourth-order valence-corrected chi connectivity index (χ4v) is 2.56. The highest BCUT2D eigenvalue weighted by atomic mass is 35.5. The molecular weight excluding hydrogens is 301 g/mol. The summed E-state index contributed by atoms with van der Waals surface area (Å²) in [6.07, 6.45) is 1.18. The molecule has 0 aliphatic heterocycles. The van der Waals surface area contributed by atoms with E-state index in [2.05, 4.69) is 0 Å². The molecule has 0 aliphatic carbocycles. The first kappa shape index (κ1) is 15.3. The molecule has 1 unspecified atom stereocenters. The van der Waals surface area contributed by atoms with Crippen molar-refractivity contribution in [3.63, 3.8) is 0 Å². The molecule has 2 rings (SSSR count). The zero-order valence-corrected chi connectivity index (χ0v) is 12.3. The first-order valence-electron chi connectivity index (χ1n) is 6.33. The van der Waals surface area contributed by atoms with E-state index < -0.39 is 0 Å². The second-order valence-corrected chi connectivity index (χ2v) is 5.54. The third kappa shape index (κ3) is 4.19. The SMILES string of the molecule is Fc1ccc(CC(CCl)Cc2cc(Cl)ccc2F)cc1. The van der Waals surface area contributed by atoms with Crippen LogP contribution in [0.5, 0.6) is 0 Å². The second-order valence-electron chi connectivity index (χ2n) is 4.79. The zero-order chi connectivity index (χ0) is 14.5. The van der Waals surface area contributed by atoms with Gasteiger partial charge in [0.1, 0.15) is 11.6 Å². The maximum absolute atomic E-state index is 13.7. The lowest BCUT2D eigenvalue weighted by Gasteiger charge is -2.15. The highest BCUT2D eigenvalue weighted by Gasteiger charge is 2.13. The van der Waals surface area contributed by atoms with Crippen molar-refractivity contribution in [2.75, 3.05) is 5.88 Å². The molecule has 2 aromatic rings. The maximum atomic E-state index is 13.7. The standard InChI is InChI=1S/C16H14Cl2F2/c17-10-12(7-11-1-4-15(19)5-2-11)8-13-9-14(18)3-6-16(13)20/h1-6,9,12H,7-8,10H2. The number of hydrogen-bond donors (Lipinski definition) is 0. The van der Waals surface area contributed by atoms with Gasteiger partial charge in [0.25, 0.3) is 0 Å². The van der Waals surface area contributed by atoms with Crippen molar-refractivity contribution < 1.29 is 8.78 Å². The third-order valence-electron chi connectivity index (χ3n) is 3.17. The second kappa shape index (κ2) is 7.05. The van der Waals surface area contributed by atoms with Crippen LogP contribution in [0.25, 0.3) is 0 Å². The van der Waals surface area contributed by atoms with Crippen LogP contribution in [0.15, 0.2) is 42.5 Å². The Morgan fingerprint density at radius 3 is 2.30 bits per heavy atom. The summed E-state index contributed by atoms with van der Waals surface area (Å²) in [5, 5.41) is 0.511. The Kier molecular flexibility index (Phi) is 5.38. The molecule has 0 saturated carbocycles. The lowest BCUT2D eigenvalue weighted by Crippen LogP contribution is -2.11. The van der Waals surface area contributed by atoms with Crippen LogP contribution >= 0.6 is 23.2 Å². The minimum absolute atomic E-state index is 0.0788. The zero-order valence-electron chi connectivity index (χ0n) is 10.8. The molecule has 1 atom stereocenters. The topological polar surface area (TPSA) is 0 Å². The summed E-state index contributed by atoms with van der Waals surface area (Å²) >= 11 is 11.8. The van der Waals surface area contributed by atoms with E-state index in [1.165, 1.54) is 24.3 Å². The molecule has 106 valence electrons. The Morgan fingerprint density at radius 1 is 0.950 bits per heavy atom. The third-order valence-corrected chi connectivity index (χ3v) is 3.84. The molecule has 0 aromatic heterocycles. The van der Waals surface area contributed by atoms with Gasteiger partial charge in [-0.25, -0.2) is 8.78 Å². The Morgan fingerprint density at radius 2 is 1.65 bits per heavy atom. The fourth-order valence-electron chi connectivity index (χ4n) is 2.15. The predicted octanol–water partition coefficient (Wildman–Crippen LogP) is 5.26. The van der Waals surface area contributed by atoms with Crippen molar-refractivity contribution >= 4 is 23.2 Å². The summed E-state index contributed by atoms with van der Waals surface area (Å²) in [5.41, 5.74) is 1.55.